The lowest BCUT2D eigenvalue weighted by molar-refractivity contribution is -0.125. The number of rotatable bonds is 5. The summed E-state index contributed by atoms with van der Waals surface area (Å²) < 4.78 is 0. The predicted molar refractivity (Wildman–Crippen MR) is 68.9 cm³/mol. The number of aryl methyl sites for hydroxylation is 1. The SMILES string of the molecule is O=C(NCCCc1ncn[nH]1)C1CCCCCC1. The molecule has 0 bridgehead atoms. The van der Waals surface area contributed by atoms with Crippen LogP contribution in [0, 0.1) is 5.92 Å². The second-order valence-electron chi connectivity index (χ2n) is 5.02. The minimum atomic E-state index is 0.245. The highest BCUT2D eigenvalue weighted by atomic mass is 16.1. The van der Waals surface area contributed by atoms with Gasteiger partial charge >= 0.3 is 0 Å². The number of carbonyl (C=O) groups is 1. The first kappa shape index (κ1) is 13.1. The van der Waals surface area contributed by atoms with Gasteiger partial charge in [-0.05, 0) is 19.3 Å². The average Bonchev–Trinajstić information content (AvgIpc) is 2.74. The number of aromatic nitrogens is 3. The van der Waals surface area contributed by atoms with E-state index in [-0.39, 0.29) is 11.8 Å². The van der Waals surface area contributed by atoms with Crippen LogP contribution in [0.25, 0.3) is 0 Å². The van der Waals surface area contributed by atoms with Crippen molar-refractivity contribution < 1.29 is 4.79 Å². The molecule has 0 saturated heterocycles. The Morgan fingerprint density at radius 2 is 2.11 bits per heavy atom. The van der Waals surface area contributed by atoms with Gasteiger partial charge in [0.2, 0.25) is 5.91 Å². The fourth-order valence-corrected chi connectivity index (χ4v) is 2.50. The highest BCUT2D eigenvalue weighted by Crippen LogP contribution is 2.22. The average molecular weight is 250 g/mol. The first-order chi connectivity index (χ1) is 8.86. The molecule has 5 nitrogen and oxygen atoms in total. The summed E-state index contributed by atoms with van der Waals surface area (Å²) in [4.78, 5) is 16.0. The van der Waals surface area contributed by atoms with Crippen LogP contribution in [0.4, 0.5) is 0 Å². The normalized spacial score (nSPS) is 17.3. The first-order valence-corrected chi connectivity index (χ1v) is 6.98. The highest BCUT2D eigenvalue weighted by Gasteiger charge is 2.19. The summed E-state index contributed by atoms with van der Waals surface area (Å²) in [5.74, 6) is 1.38. The van der Waals surface area contributed by atoms with Crippen molar-refractivity contribution >= 4 is 5.91 Å². The smallest absolute Gasteiger partial charge is 0.223 e. The molecule has 2 N–H and O–H groups in total. The molecule has 1 aromatic heterocycles. The van der Waals surface area contributed by atoms with Gasteiger partial charge in [0.25, 0.3) is 0 Å². The van der Waals surface area contributed by atoms with Crippen molar-refractivity contribution in [2.24, 2.45) is 5.92 Å². The second-order valence-corrected chi connectivity index (χ2v) is 5.02. The van der Waals surface area contributed by atoms with E-state index >= 15 is 0 Å². The summed E-state index contributed by atoms with van der Waals surface area (Å²) in [6.45, 7) is 0.732. The molecule has 100 valence electrons. The lowest BCUT2D eigenvalue weighted by Gasteiger charge is -2.13. The van der Waals surface area contributed by atoms with Crippen molar-refractivity contribution in [3.8, 4) is 0 Å². The number of nitrogens with zero attached hydrogens (tertiary/aromatic N) is 2. The topological polar surface area (TPSA) is 70.7 Å². The second kappa shape index (κ2) is 7.13. The minimum Gasteiger partial charge on any atom is -0.356 e. The van der Waals surface area contributed by atoms with E-state index in [0.29, 0.717) is 0 Å². The lowest BCUT2D eigenvalue weighted by atomic mass is 9.99. The summed E-state index contributed by atoms with van der Waals surface area (Å²) in [5, 5.41) is 9.66. The van der Waals surface area contributed by atoms with Gasteiger partial charge in [0.15, 0.2) is 0 Å². The molecule has 0 aliphatic heterocycles. The fraction of sp³-hybridized carbons (Fsp3) is 0.769. The Morgan fingerprint density at radius 1 is 1.33 bits per heavy atom. The number of amides is 1. The fourth-order valence-electron chi connectivity index (χ4n) is 2.50. The molecule has 1 fully saturated rings. The molecular formula is C13H22N4O. The summed E-state index contributed by atoms with van der Waals surface area (Å²) in [6, 6.07) is 0. The Labute approximate surface area is 108 Å². The van der Waals surface area contributed by atoms with Gasteiger partial charge in [-0.25, -0.2) is 4.98 Å². The number of nitrogens with one attached hydrogen (secondary N) is 2. The van der Waals surface area contributed by atoms with Gasteiger partial charge in [-0.2, -0.15) is 5.10 Å². The van der Waals surface area contributed by atoms with Crippen molar-refractivity contribution in [3.05, 3.63) is 12.2 Å². The molecule has 1 saturated carbocycles. The molecule has 18 heavy (non-hydrogen) atoms. The first-order valence-electron chi connectivity index (χ1n) is 6.98. The van der Waals surface area contributed by atoms with E-state index in [2.05, 4.69) is 20.5 Å². The molecule has 0 unspecified atom stereocenters. The molecule has 1 heterocycles. The lowest BCUT2D eigenvalue weighted by Crippen LogP contribution is -2.31. The zero-order valence-electron chi connectivity index (χ0n) is 10.8. The zero-order chi connectivity index (χ0) is 12.6. The molecule has 1 aromatic rings. The molecule has 1 aliphatic rings. The largest absolute Gasteiger partial charge is 0.356 e. The van der Waals surface area contributed by atoms with Crippen molar-refractivity contribution in [2.45, 2.75) is 51.4 Å². The summed E-state index contributed by atoms with van der Waals surface area (Å²) in [7, 11) is 0. The number of hydrogen-bond acceptors (Lipinski definition) is 3. The van der Waals surface area contributed by atoms with E-state index < -0.39 is 0 Å². The summed E-state index contributed by atoms with van der Waals surface area (Å²) >= 11 is 0. The van der Waals surface area contributed by atoms with Crippen LogP contribution in [0.5, 0.6) is 0 Å². The van der Waals surface area contributed by atoms with Crippen LogP contribution in [0.15, 0.2) is 6.33 Å². The highest BCUT2D eigenvalue weighted by molar-refractivity contribution is 5.78. The van der Waals surface area contributed by atoms with Crippen LogP contribution in [0.3, 0.4) is 0 Å². The van der Waals surface area contributed by atoms with E-state index in [0.717, 1.165) is 38.1 Å². The van der Waals surface area contributed by atoms with Crippen molar-refractivity contribution in [3.63, 3.8) is 0 Å². The maximum atomic E-state index is 12.0. The molecule has 1 aliphatic carbocycles. The minimum absolute atomic E-state index is 0.245. The van der Waals surface area contributed by atoms with E-state index in [1.165, 1.54) is 32.0 Å². The summed E-state index contributed by atoms with van der Waals surface area (Å²) in [6.07, 6.45) is 10.4. The molecule has 0 radical (unpaired) electrons. The predicted octanol–water partition coefficient (Wildman–Crippen LogP) is 1.82. The Morgan fingerprint density at radius 3 is 2.78 bits per heavy atom. The van der Waals surface area contributed by atoms with Gasteiger partial charge in [0, 0.05) is 18.9 Å². The van der Waals surface area contributed by atoms with E-state index in [1.807, 2.05) is 0 Å². The Bertz CT molecular complexity index is 342. The van der Waals surface area contributed by atoms with Crippen LogP contribution in [0.1, 0.15) is 50.8 Å². The van der Waals surface area contributed by atoms with Gasteiger partial charge in [0.1, 0.15) is 12.2 Å². The third-order valence-corrected chi connectivity index (χ3v) is 3.58. The third kappa shape index (κ3) is 4.13. The van der Waals surface area contributed by atoms with Crippen molar-refractivity contribution in [1.82, 2.24) is 20.5 Å². The van der Waals surface area contributed by atoms with Gasteiger partial charge < -0.3 is 5.32 Å². The molecule has 0 atom stereocenters. The Hall–Kier alpha value is -1.39. The number of H-pyrrole nitrogens is 1. The maximum absolute atomic E-state index is 12.0. The standard InChI is InChI=1S/C13H22N4O/c18-13(11-6-3-1-2-4-7-11)14-9-5-8-12-15-10-16-17-12/h10-11H,1-9H2,(H,14,18)(H,15,16,17). The summed E-state index contributed by atoms with van der Waals surface area (Å²) in [5.41, 5.74) is 0. The van der Waals surface area contributed by atoms with Gasteiger partial charge in [0.05, 0.1) is 0 Å². The molecule has 1 amide bonds. The van der Waals surface area contributed by atoms with Crippen LogP contribution in [-0.2, 0) is 11.2 Å². The number of aromatic amines is 1. The molecule has 0 spiro atoms. The third-order valence-electron chi connectivity index (χ3n) is 3.58. The van der Waals surface area contributed by atoms with E-state index in [1.54, 1.807) is 0 Å². The monoisotopic (exact) mass is 250 g/mol. The van der Waals surface area contributed by atoms with E-state index in [9.17, 15) is 4.79 Å². The van der Waals surface area contributed by atoms with Crippen LogP contribution >= 0.6 is 0 Å². The molecular weight excluding hydrogens is 228 g/mol. The number of hydrogen-bond donors (Lipinski definition) is 2. The molecule has 2 rings (SSSR count). The Balaban J connectivity index is 1.61. The zero-order valence-corrected chi connectivity index (χ0v) is 10.8. The quantitative estimate of drug-likeness (QED) is 0.618. The van der Waals surface area contributed by atoms with Gasteiger partial charge in [-0.1, -0.05) is 25.7 Å². The van der Waals surface area contributed by atoms with Crippen LogP contribution in [0.2, 0.25) is 0 Å². The van der Waals surface area contributed by atoms with E-state index in [4.69, 9.17) is 0 Å². The van der Waals surface area contributed by atoms with Crippen LogP contribution in [-0.4, -0.2) is 27.6 Å². The molecule has 5 heteroatoms. The molecule has 0 aromatic carbocycles. The maximum Gasteiger partial charge on any atom is 0.223 e. The van der Waals surface area contributed by atoms with Crippen molar-refractivity contribution in [1.29, 1.82) is 0 Å². The van der Waals surface area contributed by atoms with Gasteiger partial charge in [-0.3, -0.25) is 9.89 Å². The van der Waals surface area contributed by atoms with Crippen LogP contribution < -0.4 is 5.32 Å². The van der Waals surface area contributed by atoms with Crippen molar-refractivity contribution in [2.75, 3.05) is 6.54 Å². The van der Waals surface area contributed by atoms with Gasteiger partial charge in [-0.15, -0.1) is 0 Å². The Kier molecular flexibility index (Phi) is 5.17. The number of carbonyl (C=O) groups excluding carboxylic acids is 1.